The van der Waals surface area contributed by atoms with Gasteiger partial charge in [0.15, 0.2) is 11.6 Å². The van der Waals surface area contributed by atoms with Crippen molar-refractivity contribution in [3.05, 3.63) is 57.3 Å². The van der Waals surface area contributed by atoms with Crippen molar-refractivity contribution in [2.45, 2.75) is 20.8 Å². The fourth-order valence-corrected chi connectivity index (χ4v) is 7.85. The van der Waals surface area contributed by atoms with Crippen molar-refractivity contribution < 1.29 is 23.7 Å². The first-order valence-corrected chi connectivity index (χ1v) is 18.3. The number of aryl methyl sites for hydroxylation is 2. The van der Waals surface area contributed by atoms with E-state index in [1.54, 1.807) is 34.5 Å². The lowest BCUT2D eigenvalue weighted by Crippen LogP contribution is -2.37. The van der Waals surface area contributed by atoms with E-state index in [9.17, 15) is 10.5 Å². The van der Waals surface area contributed by atoms with Crippen LogP contribution in [0.25, 0.3) is 43.2 Å². The first-order chi connectivity index (χ1) is 25.7. The van der Waals surface area contributed by atoms with Crippen molar-refractivity contribution in [1.29, 1.82) is 10.5 Å². The molecule has 0 aliphatic carbocycles. The Morgan fingerprint density at radius 2 is 1.15 bits per heavy atom. The summed E-state index contributed by atoms with van der Waals surface area (Å²) in [4.78, 5) is 24.1. The Labute approximate surface area is 315 Å². The van der Waals surface area contributed by atoms with E-state index in [0.29, 0.717) is 57.6 Å². The molecule has 5 heterocycles. The van der Waals surface area contributed by atoms with E-state index in [1.807, 2.05) is 51.1 Å². The number of hydrogen-bond donors (Lipinski definition) is 1. The molecule has 15 heteroatoms. The van der Waals surface area contributed by atoms with Gasteiger partial charge in [0.2, 0.25) is 0 Å². The Kier molecular flexibility index (Phi) is 11.4. The number of nitrogens with one attached hydrogen (secondary N) is 1. The average molecular weight is 751 g/mol. The molecule has 2 aromatic carbocycles. The molecule has 0 spiro atoms. The number of fused-ring (bicyclic) bond motifs is 2. The third kappa shape index (κ3) is 7.59. The van der Waals surface area contributed by atoms with Gasteiger partial charge in [0, 0.05) is 42.9 Å². The molecule has 7 rings (SSSR count). The van der Waals surface area contributed by atoms with Crippen molar-refractivity contribution in [2.75, 3.05) is 71.5 Å². The lowest BCUT2D eigenvalue weighted by molar-refractivity contribution is 0.122. The second-order valence-electron chi connectivity index (χ2n) is 11.8. The number of nitriles is 2. The number of aromatic nitrogens is 4. The van der Waals surface area contributed by atoms with E-state index >= 15 is 0 Å². The van der Waals surface area contributed by atoms with Crippen molar-refractivity contribution in [3.8, 4) is 57.9 Å². The molecule has 6 aromatic rings. The largest absolute Gasteiger partial charge is 0.497 e. The van der Waals surface area contributed by atoms with Crippen molar-refractivity contribution >= 4 is 54.7 Å². The highest BCUT2D eigenvalue weighted by Crippen LogP contribution is 2.39. The maximum Gasteiger partial charge on any atom is 0.163 e. The summed E-state index contributed by atoms with van der Waals surface area (Å²) in [6.07, 6.45) is 0. The molecule has 1 fully saturated rings. The number of ether oxygens (including phenoxy) is 5. The number of thiophene rings is 2. The van der Waals surface area contributed by atoms with Crippen LogP contribution in [0.2, 0.25) is 0 Å². The van der Waals surface area contributed by atoms with Crippen LogP contribution in [0.4, 0.5) is 11.6 Å². The van der Waals surface area contributed by atoms with Crippen LogP contribution in [-0.4, -0.2) is 81.2 Å². The molecule has 0 atom stereocenters. The summed E-state index contributed by atoms with van der Waals surface area (Å²) in [5, 5.41) is 23.9. The zero-order valence-electron chi connectivity index (χ0n) is 30.5. The number of benzene rings is 2. The lowest BCUT2D eigenvalue weighted by atomic mass is 10.1. The second-order valence-corrected chi connectivity index (χ2v) is 13.8. The maximum absolute atomic E-state index is 9.49. The van der Waals surface area contributed by atoms with Crippen molar-refractivity contribution in [3.63, 3.8) is 0 Å². The van der Waals surface area contributed by atoms with E-state index in [0.717, 1.165) is 74.0 Å². The summed E-state index contributed by atoms with van der Waals surface area (Å²) in [5.41, 5.74) is 3.44. The molecule has 53 heavy (non-hydrogen) atoms. The fourth-order valence-electron chi connectivity index (χ4n) is 5.90. The van der Waals surface area contributed by atoms with E-state index in [2.05, 4.69) is 32.3 Å². The van der Waals surface area contributed by atoms with E-state index in [-0.39, 0.29) is 0 Å². The van der Waals surface area contributed by atoms with Gasteiger partial charge in [-0.3, -0.25) is 0 Å². The standard InChI is InChI=1S/C20H20N4O3S.C18H18N4O2S/c1-12-16(11-21)28-20-17(12)19(24-4-6-27-7-5-24)22-18(23-20)13-8-14(25-2)10-15(9-13)26-3;1-5-20-17-15-10(2)14(9-19)25-18(15)22-16(21-17)11-6-12(23-3)8-13(7-11)24-4/h8-10H,4-7H2,1-3H3;6-8H,5H2,1-4H3,(H,20,21,22). The van der Waals surface area contributed by atoms with Crippen molar-refractivity contribution in [2.24, 2.45) is 0 Å². The molecule has 1 saturated heterocycles. The Morgan fingerprint density at radius 1 is 0.698 bits per heavy atom. The lowest BCUT2D eigenvalue weighted by Gasteiger charge is -2.28. The summed E-state index contributed by atoms with van der Waals surface area (Å²) in [6, 6.07) is 15.6. The molecule has 0 bridgehead atoms. The minimum Gasteiger partial charge on any atom is -0.497 e. The predicted octanol–water partition coefficient (Wildman–Crippen LogP) is 7.38. The van der Waals surface area contributed by atoms with Crippen LogP contribution in [0.15, 0.2) is 36.4 Å². The number of anilines is 2. The topological polar surface area (TPSA) is 161 Å². The zero-order valence-corrected chi connectivity index (χ0v) is 32.1. The monoisotopic (exact) mass is 750 g/mol. The van der Waals surface area contributed by atoms with Crippen molar-refractivity contribution in [1.82, 2.24) is 19.9 Å². The quantitative estimate of drug-likeness (QED) is 0.156. The van der Waals surface area contributed by atoms with Crippen LogP contribution in [0.3, 0.4) is 0 Å². The third-order valence-corrected chi connectivity index (χ3v) is 10.8. The van der Waals surface area contributed by atoms with Crippen LogP contribution in [0.5, 0.6) is 23.0 Å². The number of morpholine rings is 1. The molecule has 0 saturated carbocycles. The molecular weight excluding hydrogens is 713 g/mol. The van der Waals surface area contributed by atoms with Crippen LogP contribution in [0, 0.1) is 36.5 Å². The summed E-state index contributed by atoms with van der Waals surface area (Å²) >= 11 is 2.78. The molecule has 1 N–H and O–H groups in total. The Balaban J connectivity index is 0.000000183. The molecule has 4 aromatic heterocycles. The highest BCUT2D eigenvalue weighted by Gasteiger charge is 2.23. The molecule has 0 radical (unpaired) electrons. The second kappa shape index (κ2) is 16.3. The first kappa shape index (κ1) is 37.0. The number of methoxy groups -OCH3 is 4. The fraction of sp³-hybridized carbons (Fsp3) is 0.316. The van der Waals surface area contributed by atoms with Gasteiger partial charge in [0.1, 0.15) is 66.2 Å². The van der Waals surface area contributed by atoms with Gasteiger partial charge in [-0.2, -0.15) is 10.5 Å². The molecule has 272 valence electrons. The number of hydrogen-bond acceptors (Lipinski definition) is 15. The summed E-state index contributed by atoms with van der Waals surface area (Å²) < 4.78 is 26.9. The molecule has 13 nitrogen and oxygen atoms in total. The molecule has 1 aliphatic heterocycles. The van der Waals surface area contributed by atoms with Gasteiger partial charge in [-0.15, -0.1) is 22.7 Å². The van der Waals surface area contributed by atoms with E-state index in [4.69, 9.17) is 33.7 Å². The molecule has 1 aliphatic rings. The molecular formula is C38H38N8O5S2. The number of nitrogens with zero attached hydrogens (tertiary/aromatic N) is 7. The van der Waals surface area contributed by atoms with Gasteiger partial charge in [-0.05, 0) is 56.2 Å². The molecule has 0 unspecified atom stereocenters. The highest BCUT2D eigenvalue weighted by atomic mass is 32.1. The summed E-state index contributed by atoms with van der Waals surface area (Å²) in [7, 11) is 6.44. The van der Waals surface area contributed by atoms with Gasteiger partial charge in [0.25, 0.3) is 0 Å². The Morgan fingerprint density at radius 3 is 1.60 bits per heavy atom. The minimum absolute atomic E-state index is 0.561. The smallest absolute Gasteiger partial charge is 0.163 e. The SMILES string of the molecule is CCNc1nc(-c2cc(OC)cc(OC)c2)nc2sc(C#N)c(C)c12.COc1cc(OC)cc(-c2nc(N3CCOCC3)c3c(C)c(C#N)sc3n2)c1. The van der Waals surface area contributed by atoms with Crippen LogP contribution >= 0.6 is 22.7 Å². The van der Waals surface area contributed by atoms with E-state index in [1.165, 1.54) is 22.7 Å². The normalized spacial score (nSPS) is 12.4. The Hall–Kier alpha value is -5.74. The van der Waals surface area contributed by atoms with Crippen LogP contribution in [-0.2, 0) is 4.74 Å². The number of rotatable bonds is 9. The van der Waals surface area contributed by atoms with Gasteiger partial charge < -0.3 is 33.9 Å². The first-order valence-electron chi connectivity index (χ1n) is 16.7. The Bertz CT molecular complexity index is 2330. The van der Waals surface area contributed by atoms with Crippen LogP contribution in [0.1, 0.15) is 27.8 Å². The highest BCUT2D eigenvalue weighted by molar-refractivity contribution is 7.19. The average Bonchev–Trinajstić information content (AvgIpc) is 3.72. The van der Waals surface area contributed by atoms with Gasteiger partial charge >= 0.3 is 0 Å². The third-order valence-electron chi connectivity index (χ3n) is 8.64. The van der Waals surface area contributed by atoms with Crippen LogP contribution < -0.4 is 29.2 Å². The van der Waals surface area contributed by atoms with E-state index < -0.39 is 0 Å². The van der Waals surface area contributed by atoms with Gasteiger partial charge in [-0.25, -0.2) is 19.9 Å². The zero-order chi connectivity index (χ0) is 37.6. The van der Waals surface area contributed by atoms with Gasteiger partial charge in [-0.1, -0.05) is 0 Å². The summed E-state index contributed by atoms with van der Waals surface area (Å²) in [6.45, 7) is 9.44. The molecule has 0 amide bonds. The minimum atomic E-state index is 0.561. The predicted molar refractivity (Wildman–Crippen MR) is 208 cm³/mol. The maximum atomic E-state index is 9.49. The van der Waals surface area contributed by atoms with Gasteiger partial charge in [0.05, 0.1) is 52.4 Å². The summed E-state index contributed by atoms with van der Waals surface area (Å²) in [5.74, 6) is 5.41.